The van der Waals surface area contributed by atoms with Crippen molar-refractivity contribution in [1.82, 2.24) is 0 Å². The van der Waals surface area contributed by atoms with Crippen LogP contribution in [-0.4, -0.2) is 29.7 Å². The molecule has 1 atom stereocenters. The molecule has 326 valence electrons. The lowest BCUT2D eigenvalue weighted by molar-refractivity contribution is -0.976. The van der Waals surface area contributed by atoms with Gasteiger partial charge in [-0.1, -0.05) is 247 Å². The average molecular weight is 761 g/mol. The van der Waals surface area contributed by atoms with Crippen LogP contribution in [0, 0.1) is 5.41 Å². The first kappa shape index (κ1) is 54.0. The van der Waals surface area contributed by atoms with E-state index in [1.54, 1.807) is 0 Å². The number of unbranched alkanes of at least 4 members (excludes halogenated alkanes) is 34. The van der Waals surface area contributed by atoms with Crippen molar-refractivity contribution in [3.8, 4) is 0 Å². The van der Waals surface area contributed by atoms with Crippen LogP contribution in [0.1, 0.15) is 312 Å². The molecule has 0 aliphatic rings. The zero-order valence-electron chi connectivity index (χ0n) is 40.0. The molecule has 0 aliphatic heterocycles. The van der Waals surface area contributed by atoms with Gasteiger partial charge in [-0.25, -0.2) is 0 Å². The Balaban J connectivity index is 4.63. The van der Waals surface area contributed by atoms with Crippen molar-refractivity contribution < 1.29 is 4.48 Å². The molecular formula is C53H110N+. The average Bonchev–Trinajstić information content (AvgIpc) is 3.12. The molecule has 0 aromatic carbocycles. The molecule has 0 saturated carbocycles. The predicted molar refractivity (Wildman–Crippen MR) is 250 cm³/mol. The Labute approximate surface area is 346 Å². The zero-order valence-corrected chi connectivity index (χ0v) is 40.0. The molecule has 0 heterocycles. The van der Waals surface area contributed by atoms with Gasteiger partial charge in [-0.2, -0.15) is 0 Å². The molecule has 0 aromatic heterocycles. The van der Waals surface area contributed by atoms with Crippen LogP contribution in [0.5, 0.6) is 0 Å². The van der Waals surface area contributed by atoms with Crippen LogP contribution >= 0.6 is 0 Å². The maximum Gasteiger partial charge on any atom is 0.0907 e. The second-order valence-corrected chi connectivity index (χ2v) is 21.1. The molecule has 0 bridgehead atoms. The van der Waals surface area contributed by atoms with Gasteiger partial charge in [0, 0.05) is 0 Å². The minimum Gasteiger partial charge on any atom is -0.319 e. The lowest BCUT2D eigenvalue weighted by Gasteiger charge is -2.51. The maximum atomic E-state index is 2.68. The molecule has 0 rings (SSSR count). The van der Waals surface area contributed by atoms with Gasteiger partial charge in [0.25, 0.3) is 0 Å². The topological polar surface area (TPSA) is 0 Å². The molecular weight excluding hydrogens is 651 g/mol. The van der Waals surface area contributed by atoms with Crippen molar-refractivity contribution in [2.75, 3.05) is 13.6 Å². The van der Waals surface area contributed by atoms with Gasteiger partial charge in [0.15, 0.2) is 0 Å². The van der Waals surface area contributed by atoms with Crippen molar-refractivity contribution in [1.29, 1.82) is 0 Å². The van der Waals surface area contributed by atoms with Crippen LogP contribution in [0.2, 0.25) is 0 Å². The molecule has 0 radical (unpaired) electrons. The number of hydrogen-bond donors (Lipinski definition) is 0. The van der Waals surface area contributed by atoms with Gasteiger partial charge in [-0.3, -0.25) is 0 Å². The largest absolute Gasteiger partial charge is 0.319 e. The SMILES string of the molecule is CCCCCCCCCCCCCCCCC(CCCCCCCCCCCCCCCC)[N+](C)(CCCCCCCCCCCC(C)(C)C)C(C)(C)C. The Kier molecular flexibility index (Phi) is 37.2. The summed E-state index contributed by atoms with van der Waals surface area (Å²) in [7, 11) is 2.68. The fourth-order valence-electron chi connectivity index (χ4n) is 9.26. The van der Waals surface area contributed by atoms with Gasteiger partial charge in [0.2, 0.25) is 0 Å². The molecule has 54 heavy (non-hydrogen) atoms. The van der Waals surface area contributed by atoms with E-state index in [0.717, 1.165) is 6.04 Å². The van der Waals surface area contributed by atoms with Crippen LogP contribution in [0.4, 0.5) is 0 Å². The molecule has 0 N–H and O–H groups in total. The molecule has 1 nitrogen and oxygen atoms in total. The van der Waals surface area contributed by atoms with Gasteiger partial charge in [-0.05, 0) is 71.1 Å². The summed E-state index contributed by atoms with van der Waals surface area (Å²) < 4.78 is 1.30. The smallest absolute Gasteiger partial charge is 0.0907 e. The number of quaternary nitrogens is 1. The van der Waals surface area contributed by atoms with E-state index >= 15 is 0 Å². The van der Waals surface area contributed by atoms with Crippen LogP contribution < -0.4 is 0 Å². The van der Waals surface area contributed by atoms with Crippen LogP contribution in [0.25, 0.3) is 0 Å². The first-order valence-electron chi connectivity index (χ1n) is 25.8. The third-order valence-corrected chi connectivity index (χ3v) is 13.7. The molecule has 0 amide bonds. The highest BCUT2D eigenvalue weighted by atomic mass is 15.4. The van der Waals surface area contributed by atoms with Crippen molar-refractivity contribution in [3.05, 3.63) is 0 Å². The van der Waals surface area contributed by atoms with Gasteiger partial charge < -0.3 is 4.48 Å². The van der Waals surface area contributed by atoms with Crippen LogP contribution in [-0.2, 0) is 0 Å². The van der Waals surface area contributed by atoms with Crippen molar-refractivity contribution in [3.63, 3.8) is 0 Å². The minimum absolute atomic E-state index is 0.323. The van der Waals surface area contributed by atoms with E-state index < -0.39 is 0 Å². The molecule has 0 fully saturated rings. The summed E-state index contributed by atoms with van der Waals surface area (Å²) in [5.41, 5.74) is 0.834. The Morgan fingerprint density at radius 2 is 0.556 bits per heavy atom. The molecule has 1 unspecified atom stereocenters. The zero-order chi connectivity index (χ0) is 40.1. The van der Waals surface area contributed by atoms with E-state index in [1.165, 1.54) is 268 Å². The second kappa shape index (κ2) is 37.2. The number of hydrogen-bond acceptors (Lipinski definition) is 0. The first-order valence-corrected chi connectivity index (χ1v) is 25.8. The first-order chi connectivity index (χ1) is 26.0. The second-order valence-electron chi connectivity index (χ2n) is 21.1. The lowest BCUT2D eigenvalue weighted by Crippen LogP contribution is -2.63. The molecule has 0 aromatic rings. The molecule has 0 aliphatic carbocycles. The predicted octanol–water partition coefficient (Wildman–Crippen LogP) is 19.3. The fourth-order valence-corrected chi connectivity index (χ4v) is 9.26. The molecule has 0 spiro atoms. The van der Waals surface area contributed by atoms with E-state index in [0.29, 0.717) is 11.0 Å². The highest BCUT2D eigenvalue weighted by Gasteiger charge is 2.41. The van der Waals surface area contributed by atoms with Gasteiger partial charge >= 0.3 is 0 Å². The summed E-state index contributed by atoms with van der Waals surface area (Å²) in [5, 5.41) is 0. The van der Waals surface area contributed by atoms with E-state index in [9.17, 15) is 0 Å². The summed E-state index contributed by atoms with van der Waals surface area (Å²) in [5.74, 6) is 0. The summed E-state index contributed by atoms with van der Waals surface area (Å²) in [6.45, 7) is 20.9. The maximum absolute atomic E-state index is 2.68. The highest BCUT2D eigenvalue weighted by molar-refractivity contribution is 4.71. The summed E-state index contributed by atoms with van der Waals surface area (Å²) >= 11 is 0. The Hall–Kier alpha value is -0.0400. The van der Waals surface area contributed by atoms with Gasteiger partial charge in [0.05, 0.1) is 25.2 Å². The molecule has 1 heteroatoms. The van der Waals surface area contributed by atoms with E-state index in [1.807, 2.05) is 0 Å². The number of rotatable bonds is 42. The third kappa shape index (κ3) is 34.0. The number of nitrogens with zero attached hydrogens (tertiary/aromatic N) is 1. The Morgan fingerprint density at radius 1 is 0.315 bits per heavy atom. The standard InChI is InChI=1S/C53H110N/c1-10-12-14-16-18-20-22-24-26-28-31-35-39-43-47-51(48-44-40-36-32-29-27-25-23-21-19-17-15-13-11-2)54(9,53(6,7)8)50-46-42-38-34-30-33-37-41-45-49-52(3,4)5/h51H,10-50H2,1-9H3/q+1. The van der Waals surface area contributed by atoms with E-state index in [2.05, 4.69) is 62.4 Å². The van der Waals surface area contributed by atoms with E-state index in [4.69, 9.17) is 0 Å². The quantitative estimate of drug-likeness (QED) is 0.0429. The normalized spacial score (nSPS) is 13.7. The van der Waals surface area contributed by atoms with Gasteiger partial charge in [-0.15, -0.1) is 0 Å². The van der Waals surface area contributed by atoms with Crippen LogP contribution in [0.3, 0.4) is 0 Å². The van der Waals surface area contributed by atoms with Crippen molar-refractivity contribution >= 4 is 0 Å². The summed E-state index contributed by atoms with van der Waals surface area (Å²) in [4.78, 5) is 0. The highest BCUT2D eigenvalue weighted by Crippen LogP contribution is 2.33. The molecule has 0 saturated heterocycles. The Morgan fingerprint density at radius 3 is 0.815 bits per heavy atom. The summed E-state index contributed by atoms with van der Waals surface area (Å²) in [6.07, 6.45) is 58.3. The van der Waals surface area contributed by atoms with Crippen molar-refractivity contribution in [2.24, 2.45) is 5.41 Å². The Bertz CT molecular complexity index is 694. The monoisotopic (exact) mass is 761 g/mol. The van der Waals surface area contributed by atoms with Crippen LogP contribution in [0.15, 0.2) is 0 Å². The minimum atomic E-state index is 0.323. The summed E-state index contributed by atoms with van der Waals surface area (Å²) in [6, 6.07) is 0.841. The van der Waals surface area contributed by atoms with E-state index in [-0.39, 0.29) is 0 Å². The lowest BCUT2D eigenvalue weighted by atomic mass is 9.89. The fraction of sp³-hybridized carbons (Fsp3) is 1.00. The van der Waals surface area contributed by atoms with Gasteiger partial charge in [0.1, 0.15) is 0 Å². The third-order valence-electron chi connectivity index (χ3n) is 13.7. The van der Waals surface area contributed by atoms with Crippen molar-refractivity contribution in [2.45, 2.75) is 324 Å².